The number of carbonyl (C=O) groups excluding carboxylic acids is 1. The number of anilines is 1. The largest absolute Gasteiger partial charge is 0.478 e. The Kier molecular flexibility index (Phi) is 4.12. The number of nitrogens with one attached hydrogen (secondary N) is 1. The lowest BCUT2D eigenvalue weighted by atomic mass is 10.1. The van der Waals surface area contributed by atoms with E-state index in [9.17, 15) is 9.59 Å². The van der Waals surface area contributed by atoms with Crippen LogP contribution in [0.15, 0.2) is 18.2 Å². The Hall–Kier alpha value is -2.55. The van der Waals surface area contributed by atoms with Gasteiger partial charge in [-0.3, -0.25) is 5.32 Å². The summed E-state index contributed by atoms with van der Waals surface area (Å²) in [5.41, 5.74) is -0.878. The average Bonchev–Trinajstić information content (AvgIpc) is 2.26. The predicted molar refractivity (Wildman–Crippen MR) is 68.0 cm³/mol. The third-order valence-electron chi connectivity index (χ3n) is 2.04. The van der Waals surface area contributed by atoms with E-state index >= 15 is 0 Å². The van der Waals surface area contributed by atoms with Gasteiger partial charge in [-0.25, -0.2) is 9.59 Å². The first-order valence-corrected chi connectivity index (χ1v) is 5.51. The van der Waals surface area contributed by atoms with Gasteiger partial charge in [0.2, 0.25) is 0 Å². The molecule has 0 fully saturated rings. The van der Waals surface area contributed by atoms with Crippen LogP contribution in [0.4, 0.5) is 10.5 Å². The summed E-state index contributed by atoms with van der Waals surface area (Å²) < 4.78 is 5.02. The van der Waals surface area contributed by atoms with Gasteiger partial charge in [0.15, 0.2) is 0 Å². The smallest absolute Gasteiger partial charge is 0.412 e. The van der Waals surface area contributed by atoms with Crippen LogP contribution in [-0.4, -0.2) is 22.8 Å². The third-order valence-corrected chi connectivity index (χ3v) is 2.04. The normalized spacial score (nSPS) is 10.4. The molecule has 0 aliphatic carbocycles. The maximum atomic E-state index is 11.6. The maximum absolute atomic E-state index is 11.6. The number of nitriles is 1. The third kappa shape index (κ3) is 4.00. The zero-order chi connectivity index (χ0) is 14.6. The summed E-state index contributed by atoms with van der Waals surface area (Å²) in [6, 6.07) is 5.98. The van der Waals surface area contributed by atoms with Crippen molar-refractivity contribution in [3.63, 3.8) is 0 Å². The number of ether oxygens (including phenoxy) is 1. The standard InChI is InChI=1S/C13H14N2O4/c1-13(2,3)19-12(18)15-10-8(7-14)5-4-6-9(10)11(16)17/h4-6H,1-3H3,(H,15,18)(H,16,17). The second-order valence-corrected chi connectivity index (χ2v) is 4.77. The van der Waals surface area contributed by atoms with E-state index in [1.54, 1.807) is 20.8 Å². The Balaban J connectivity index is 3.09. The van der Waals surface area contributed by atoms with E-state index in [-0.39, 0.29) is 16.8 Å². The number of carbonyl (C=O) groups is 2. The number of benzene rings is 1. The first-order valence-electron chi connectivity index (χ1n) is 5.51. The number of nitrogens with zero attached hydrogens (tertiary/aromatic N) is 1. The fourth-order valence-corrected chi connectivity index (χ4v) is 1.36. The lowest BCUT2D eigenvalue weighted by Crippen LogP contribution is -2.28. The minimum atomic E-state index is -1.23. The van der Waals surface area contributed by atoms with Crippen LogP contribution in [-0.2, 0) is 4.74 Å². The second-order valence-electron chi connectivity index (χ2n) is 4.77. The van der Waals surface area contributed by atoms with Crippen molar-refractivity contribution >= 4 is 17.7 Å². The van der Waals surface area contributed by atoms with Crippen LogP contribution in [0.25, 0.3) is 0 Å². The Morgan fingerprint density at radius 3 is 2.47 bits per heavy atom. The van der Waals surface area contributed by atoms with Crippen LogP contribution in [0, 0.1) is 11.3 Å². The van der Waals surface area contributed by atoms with Gasteiger partial charge in [-0.2, -0.15) is 5.26 Å². The van der Waals surface area contributed by atoms with Crippen molar-refractivity contribution in [1.29, 1.82) is 5.26 Å². The summed E-state index contributed by atoms with van der Waals surface area (Å²) in [5, 5.41) is 20.3. The number of carboxylic acid groups (broad SMARTS) is 1. The quantitative estimate of drug-likeness (QED) is 0.853. The molecule has 0 aromatic heterocycles. The van der Waals surface area contributed by atoms with Gasteiger partial charge in [0.25, 0.3) is 0 Å². The van der Waals surface area contributed by atoms with Crippen molar-refractivity contribution in [1.82, 2.24) is 0 Å². The van der Waals surface area contributed by atoms with Gasteiger partial charge in [0.05, 0.1) is 16.8 Å². The molecule has 1 aromatic carbocycles. The summed E-state index contributed by atoms with van der Waals surface area (Å²) in [6.07, 6.45) is -0.808. The summed E-state index contributed by atoms with van der Waals surface area (Å²) in [7, 11) is 0. The monoisotopic (exact) mass is 262 g/mol. The molecule has 0 aliphatic heterocycles. The van der Waals surface area contributed by atoms with Crippen LogP contribution < -0.4 is 5.32 Å². The fourth-order valence-electron chi connectivity index (χ4n) is 1.36. The number of hydrogen-bond acceptors (Lipinski definition) is 4. The predicted octanol–water partition coefficient (Wildman–Crippen LogP) is 2.60. The zero-order valence-electron chi connectivity index (χ0n) is 10.9. The number of para-hydroxylation sites is 1. The summed E-state index contributed by atoms with van der Waals surface area (Å²) in [4.78, 5) is 22.7. The number of amides is 1. The van der Waals surface area contributed by atoms with E-state index in [2.05, 4.69) is 5.32 Å². The lowest BCUT2D eigenvalue weighted by Gasteiger charge is -2.20. The average molecular weight is 262 g/mol. The molecular formula is C13H14N2O4. The Bertz CT molecular complexity index is 553. The van der Waals surface area contributed by atoms with Crippen LogP contribution in [0.3, 0.4) is 0 Å². The first-order chi connectivity index (χ1) is 8.74. The number of carboxylic acids is 1. The maximum Gasteiger partial charge on any atom is 0.412 e. The summed E-state index contributed by atoms with van der Waals surface area (Å²) in [6.45, 7) is 5.04. The SMILES string of the molecule is CC(C)(C)OC(=O)Nc1c(C#N)cccc1C(=O)O. The van der Waals surface area contributed by atoms with E-state index in [1.807, 2.05) is 6.07 Å². The molecule has 1 rings (SSSR count). The highest BCUT2D eigenvalue weighted by Crippen LogP contribution is 2.21. The van der Waals surface area contributed by atoms with Crippen molar-refractivity contribution in [3.8, 4) is 6.07 Å². The molecule has 0 heterocycles. The minimum absolute atomic E-state index is 0.0609. The van der Waals surface area contributed by atoms with E-state index < -0.39 is 17.7 Å². The molecule has 0 spiro atoms. The number of aromatic carboxylic acids is 1. The molecule has 2 N–H and O–H groups in total. The highest BCUT2D eigenvalue weighted by molar-refractivity contribution is 6.00. The van der Waals surface area contributed by atoms with Crippen LogP contribution >= 0.6 is 0 Å². The van der Waals surface area contributed by atoms with Crippen LogP contribution in [0.1, 0.15) is 36.7 Å². The van der Waals surface area contributed by atoms with Crippen LogP contribution in [0.5, 0.6) is 0 Å². The topological polar surface area (TPSA) is 99.4 Å². The molecule has 1 amide bonds. The molecule has 0 atom stereocenters. The molecule has 6 heteroatoms. The summed E-state index contributed by atoms with van der Waals surface area (Å²) in [5.74, 6) is -1.23. The second kappa shape index (κ2) is 5.40. The van der Waals surface area contributed by atoms with Crippen molar-refractivity contribution in [2.75, 3.05) is 5.32 Å². The number of hydrogen-bond donors (Lipinski definition) is 2. The van der Waals surface area contributed by atoms with Gasteiger partial charge in [0.1, 0.15) is 11.7 Å². The molecule has 100 valence electrons. The highest BCUT2D eigenvalue weighted by atomic mass is 16.6. The van der Waals surface area contributed by atoms with E-state index in [0.29, 0.717) is 0 Å². The number of rotatable bonds is 2. The van der Waals surface area contributed by atoms with Gasteiger partial charge in [0, 0.05) is 0 Å². The molecule has 0 saturated heterocycles. The molecule has 0 radical (unpaired) electrons. The van der Waals surface area contributed by atoms with Crippen molar-refractivity contribution < 1.29 is 19.4 Å². The van der Waals surface area contributed by atoms with Gasteiger partial charge in [-0.1, -0.05) is 6.07 Å². The molecule has 1 aromatic rings. The molecule has 0 saturated carbocycles. The minimum Gasteiger partial charge on any atom is -0.478 e. The lowest BCUT2D eigenvalue weighted by molar-refractivity contribution is 0.0636. The van der Waals surface area contributed by atoms with E-state index in [1.165, 1.54) is 18.2 Å². The van der Waals surface area contributed by atoms with Crippen molar-refractivity contribution in [3.05, 3.63) is 29.3 Å². The fraction of sp³-hybridized carbons (Fsp3) is 0.308. The van der Waals surface area contributed by atoms with Gasteiger partial charge in [-0.15, -0.1) is 0 Å². The molecule has 0 bridgehead atoms. The molecule has 6 nitrogen and oxygen atoms in total. The van der Waals surface area contributed by atoms with Crippen molar-refractivity contribution in [2.24, 2.45) is 0 Å². The Labute approximate surface area is 110 Å². The van der Waals surface area contributed by atoms with Gasteiger partial charge >= 0.3 is 12.1 Å². The highest BCUT2D eigenvalue weighted by Gasteiger charge is 2.20. The van der Waals surface area contributed by atoms with E-state index in [0.717, 1.165) is 0 Å². The zero-order valence-corrected chi connectivity index (χ0v) is 10.9. The Morgan fingerprint density at radius 2 is 2.00 bits per heavy atom. The van der Waals surface area contributed by atoms with E-state index in [4.69, 9.17) is 15.1 Å². The summed E-state index contributed by atoms with van der Waals surface area (Å²) >= 11 is 0. The molecular weight excluding hydrogens is 248 g/mol. The molecule has 0 aliphatic rings. The molecule has 19 heavy (non-hydrogen) atoms. The molecule has 0 unspecified atom stereocenters. The van der Waals surface area contributed by atoms with Crippen LogP contribution in [0.2, 0.25) is 0 Å². The van der Waals surface area contributed by atoms with Gasteiger partial charge < -0.3 is 9.84 Å². The Morgan fingerprint density at radius 1 is 1.37 bits per heavy atom. The van der Waals surface area contributed by atoms with Crippen molar-refractivity contribution in [2.45, 2.75) is 26.4 Å². The first kappa shape index (κ1) is 14.5. The van der Waals surface area contributed by atoms with Gasteiger partial charge in [-0.05, 0) is 32.9 Å².